The molecule has 0 aliphatic carbocycles. The van der Waals surface area contributed by atoms with Gasteiger partial charge in [0, 0.05) is 17.9 Å². The minimum atomic E-state index is -5.73. The Hall–Kier alpha value is -1.18. The summed E-state index contributed by atoms with van der Waals surface area (Å²) in [5.74, 6) is -4.20. The molecule has 1 aromatic carbocycles. The van der Waals surface area contributed by atoms with Crippen LogP contribution >= 0.6 is 11.6 Å². The van der Waals surface area contributed by atoms with E-state index >= 15 is 0 Å². The molecule has 29 heavy (non-hydrogen) atoms. The molecular weight excluding hydrogens is 445 g/mol. The largest absolute Gasteiger partial charge is 0.496 e. The van der Waals surface area contributed by atoms with Gasteiger partial charge in [-0.3, -0.25) is 0 Å². The van der Waals surface area contributed by atoms with E-state index in [1.165, 1.54) is 0 Å². The molecule has 3 rings (SSSR count). The van der Waals surface area contributed by atoms with E-state index in [0.717, 1.165) is 24.3 Å². The van der Waals surface area contributed by atoms with Crippen LogP contribution in [-0.2, 0) is 14.0 Å². The van der Waals surface area contributed by atoms with Gasteiger partial charge < -0.3 is 14.0 Å². The summed E-state index contributed by atoms with van der Waals surface area (Å²) >= 11 is 5.64. The standard InChI is InChI=1S/C15H11BClF9O3/c1-10(13(18,19)20)6-11(14(21,22)23)7-12(27-10,15(24,25)26)29-16(28-11)8-2-4-9(17)5-3-8/h2-5H,6-7H2,1H3. The fourth-order valence-electron chi connectivity index (χ4n) is 3.38. The highest BCUT2D eigenvalue weighted by atomic mass is 35.5. The number of benzene rings is 1. The first-order valence-electron chi connectivity index (χ1n) is 7.95. The van der Waals surface area contributed by atoms with Crippen molar-refractivity contribution in [3.05, 3.63) is 29.3 Å². The normalized spacial score (nSPS) is 33.7. The van der Waals surface area contributed by atoms with Crippen LogP contribution in [-0.4, -0.2) is 42.6 Å². The quantitative estimate of drug-likeness (QED) is 0.450. The van der Waals surface area contributed by atoms with E-state index in [1.54, 1.807) is 0 Å². The first kappa shape index (κ1) is 22.5. The Bertz CT molecular complexity index is 739. The molecule has 2 saturated heterocycles. The molecule has 2 fully saturated rings. The van der Waals surface area contributed by atoms with Gasteiger partial charge in [0.15, 0.2) is 11.2 Å². The van der Waals surface area contributed by atoms with E-state index in [9.17, 15) is 39.5 Å². The molecule has 2 heterocycles. The van der Waals surface area contributed by atoms with Gasteiger partial charge in [-0.2, -0.15) is 39.5 Å². The summed E-state index contributed by atoms with van der Waals surface area (Å²) in [6, 6.07) is 4.36. The topological polar surface area (TPSA) is 27.7 Å². The van der Waals surface area contributed by atoms with E-state index in [-0.39, 0.29) is 17.4 Å². The molecule has 1 aromatic rings. The maximum absolute atomic E-state index is 13.9. The lowest BCUT2D eigenvalue weighted by Gasteiger charge is -2.58. The summed E-state index contributed by atoms with van der Waals surface area (Å²) in [6.45, 7) is 0.0997. The summed E-state index contributed by atoms with van der Waals surface area (Å²) in [6.07, 6.45) is -20.9. The Kier molecular flexibility index (Phi) is 4.98. The maximum atomic E-state index is 13.9. The van der Waals surface area contributed by atoms with Crippen molar-refractivity contribution in [3.8, 4) is 0 Å². The molecule has 3 unspecified atom stereocenters. The van der Waals surface area contributed by atoms with Crippen molar-refractivity contribution in [3.63, 3.8) is 0 Å². The summed E-state index contributed by atoms with van der Waals surface area (Å²) in [7, 11) is -2.30. The molecule has 3 nitrogen and oxygen atoms in total. The minimum Gasteiger partial charge on any atom is -0.393 e. The van der Waals surface area contributed by atoms with Crippen molar-refractivity contribution in [2.45, 2.75) is 55.3 Å². The van der Waals surface area contributed by atoms with E-state index in [2.05, 4.69) is 9.39 Å². The van der Waals surface area contributed by atoms with Crippen molar-refractivity contribution in [1.29, 1.82) is 0 Å². The van der Waals surface area contributed by atoms with Crippen LogP contribution < -0.4 is 5.46 Å². The van der Waals surface area contributed by atoms with E-state index in [0.29, 0.717) is 0 Å². The molecule has 0 aromatic heterocycles. The molecule has 0 spiro atoms. The van der Waals surface area contributed by atoms with Gasteiger partial charge in [0.2, 0.25) is 0 Å². The van der Waals surface area contributed by atoms with E-state index in [1.807, 2.05) is 0 Å². The van der Waals surface area contributed by atoms with Gasteiger partial charge in [0.05, 0.1) is 0 Å². The second-order valence-corrected chi connectivity index (χ2v) is 7.48. The van der Waals surface area contributed by atoms with Crippen LogP contribution in [0.2, 0.25) is 5.02 Å². The average Bonchev–Trinajstić information content (AvgIpc) is 2.51. The summed E-state index contributed by atoms with van der Waals surface area (Å²) < 4.78 is 137. The van der Waals surface area contributed by atoms with Crippen molar-refractivity contribution in [2.24, 2.45) is 0 Å². The van der Waals surface area contributed by atoms with Crippen LogP contribution in [0.1, 0.15) is 19.8 Å². The van der Waals surface area contributed by atoms with Gasteiger partial charge in [-0.25, -0.2) is 0 Å². The number of hydrogen-bond donors (Lipinski definition) is 0. The molecule has 0 amide bonds. The smallest absolute Gasteiger partial charge is 0.393 e. The third kappa shape index (κ3) is 3.59. The SMILES string of the molecule is CC1(C(F)(F)F)CC2(C(F)(F)F)CC(C(F)(F)F)(OB(c3ccc(Cl)cc3)O2)O1. The zero-order valence-electron chi connectivity index (χ0n) is 14.3. The monoisotopic (exact) mass is 456 g/mol. The Morgan fingerprint density at radius 3 is 1.83 bits per heavy atom. The van der Waals surface area contributed by atoms with Crippen molar-refractivity contribution < 1.29 is 53.6 Å². The van der Waals surface area contributed by atoms with Gasteiger partial charge in [0.1, 0.15) is 0 Å². The highest BCUT2D eigenvalue weighted by Crippen LogP contribution is 2.61. The lowest BCUT2D eigenvalue weighted by molar-refractivity contribution is -0.477. The van der Waals surface area contributed by atoms with Gasteiger partial charge >= 0.3 is 25.6 Å². The Morgan fingerprint density at radius 2 is 1.38 bits per heavy atom. The minimum absolute atomic E-state index is 0.0997. The number of fused-ring (bicyclic) bond motifs is 2. The van der Waals surface area contributed by atoms with Crippen LogP contribution in [0.4, 0.5) is 39.5 Å². The molecule has 2 aliphatic rings. The highest BCUT2D eigenvalue weighted by molar-refractivity contribution is 6.61. The van der Waals surface area contributed by atoms with Gasteiger partial charge in [0.25, 0.3) is 5.79 Å². The molecule has 0 saturated carbocycles. The fourth-order valence-corrected chi connectivity index (χ4v) is 3.50. The molecule has 0 radical (unpaired) electrons. The predicted octanol–water partition coefficient (Wildman–Crippen LogP) is 4.77. The van der Waals surface area contributed by atoms with Crippen molar-refractivity contribution in [2.75, 3.05) is 0 Å². The van der Waals surface area contributed by atoms with Crippen LogP contribution in [0.3, 0.4) is 0 Å². The molecule has 2 aliphatic heterocycles. The summed E-state index contributed by atoms with van der Waals surface area (Å²) in [5, 5.41) is 0.113. The van der Waals surface area contributed by atoms with E-state index in [4.69, 9.17) is 16.3 Å². The second-order valence-electron chi connectivity index (χ2n) is 7.05. The van der Waals surface area contributed by atoms with Crippen molar-refractivity contribution >= 4 is 24.2 Å². The third-order valence-electron chi connectivity index (χ3n) is 4.85. The highest BCUT2D eigenvalue weighted by Gasteiger charge is 2.80. The molecular formula is C15H11BClF9O3. The maximum Gasteiger partial charge on any atom is 0.496 e. The zero-order valence-corrected chi connectivity index (χ0v) is 15.1. The number of hydrogen-bond acceptors (Lipinski definition) is 3. The van der Waals surface area contributed by atoms with Gasteiger partial charge in [-0.1, -0.05) is 23.7 Å². The van der Waals surface area contributed by atoms with Crippen LogP contribution in [0.25, 0.3) is 0 Å². The zero-order chi connectivity index (χ0) is 22.1. The van der Waals surface area contributed by atoms with Crippen LogP contribution in [0.15, 0.2) is 24.3 Å². The summed E-state index contributed by atoms with van der Waals surface area (Å²) in [5.41, 5.74) is -7.97. The summed E-state index contributed by atoms with van der Waals surface area (Å²) in [4.78, 5) is 0. The molecule has 0 N–H and O–H groups in total. The van der Waals surface area contributed by atoms with Gasteiger partial charge in [-0.15, -0.1) is 0 Å². The first-order valence-corrected chi connectivity index (χ1v) is 8.33. The van der Waals surface area contributed by atoms with E-state index < -0.39 is 55.5 Å². The first-order chi connectivity index (χ1) is 12.9. The molecule has 14 heteroatoms. The Labute approximate surface area is 163 Å². The third-order valence-corrected chi connectivity index (χ3v) is 5.10. The number of alkyl halides is 9. The molecule has 3 atom stereocenters. The lowest BCUT2D eigenvalue weighted by atomic mass is 9.69. The Balaban J connectivity index is 2.19. The molecule has 2 bridgehead atoms. The molecule has 162 valence electrons. The van der Waals surface area contributed by atoms with Gasteiger partial charge in [-0.05, 0) is 24.5 Å². The average molecular weight is 456 g/mol. The fraction of sp³-hybridized carbons (Fsp3) is 0.600. The second kappa shape index (κ2) is 6.41. The lowest BCUT2D eigenvalue weighted by Crippen LogP contribution is -2.77. The number of ether oxygens (including phenoxy) is 1. The van der Waals surface area contributed by atoms with Crippen LogP contribution in [0, 0.1) is 0 Å². The number of rotatable bonds is 1. The van der Waals surface area contributed by atoms with Crippen LogP contribution in [0.5, 0.6) is 0 Å². The predicted molar refractivity (Wildman–Crippen MR) is 81.4 cm³/mol. The Morgan fingerprint density at radius 1 is 0.828 bits per heavy atom. The number of halogens is 10. The van der Waals surface area contributed by atoms with Crippen molar-refractivity contribution in [1.82, 2.24) is 0 Å².